The van der Waals surface area contributed by atoms with Gasteiger partial charge in [-0.2, -0.15) is 0 Å². The summed E-state index contributed by atoms with van der Waals surface area (Å²) in [6.45, 7) is 8.19. The Hall–Kier alpha value is -3.60. The van der Waals surface area contributed by atoms with Crippen LogP contribution in [0.25, 0.3) is 11.0 Å². The number of carbonyl (C=O) groups excluding carboxylic acids is 1. The summed E-state index contributed by atoms with van der Waals surface area (Å²) in [5, 5.41) is 0.433. The predicted molar refractivity (Wildman–Crippen MR) is 118 cm³/mol. The van der Waals surface area contributed by atoms with Crippen molar-refractivity contribution in [2.45, 2.75) is 34.2 Å². The largest absolute Gasteiger partial charge is 0.326 e. The highest BCUT2D eigenvalue weighted by Crippen LogP contribution is 2.17. The Morgan fingerprint density at radius 1 is 0.900 bits per heavy atom. The fourth-order valence-electron chi connectivity index (χ4n) is 3.54. The molecule has 0 atom stereocenters. The van der Waals surface area contributed by atoms with Crippen LogP contribution in [0.15, 0.2) is 59.5 Å². The quantitative estimate of drug-likeness (QED) is 0.482. The molecule has 0 amide bonds. The zero-order chi connectivity index (χ0) is 21.4. The SMILES string of the molecule is Cc1cccc(Cn2cc(C(=O)c3ccc(C)c(C)c3)c(=O)c3ccc(C)nc32)n1. The Labute approximate surface area is 175 Å². The molecular weight excluding hydrogens is 374 g/mol. The Morgan fingerprint density at radius 3 is 2.40 bits per heavy atom. The van der Waals surface area contributed by atoms with Crippen LogP contribution in [0.1, 0.15) is 44.1 Å². The molecule has 0 unspecified atom stereocenters. The first-order chi connectivity index (χ1) is 14.3. The normalized spacial score (nSPS) is 11.1. The van der Waals surface area contributed by atoms with Gasteiger partial charge in [-0.1, -0.05) is 18.2 Å². The van der Waals surface area contributed by atoms with Crippen molar-refractivity contribution >= 4 is 16.8 Å². The molecule has 150 valence electrons. The summed E-state index contributed by atoms with van der Waals surface area (Å²) in [4.78, 5) is 35.6. The molecule has 3 heterocycles. The van der Waals surface area contributed by atoms with Gasteiger partial charge >= 0.3 is 0 Å². The van der Waals surface area contributed by atoms with E-state index >= 15 is 0 Å². The minimum atomic E-state index is -0.297. The van der Waals surface area contributed by atoms with Crippen molar-refractivity contribution in [3.8, 4) is 0 Å². The van der Waals surface area contributed by atoms with Gasteiger partial charge in [0.25, 0.3) is 0 Å². The summed E-state index contributed by atoms with van der Waals surface area (Å²) in [7, 11) is 0. The van der Waals surface area contributed by atoms with E-state index < -0.39 is 0 Å². The summed E-state index contributed by atoms with van der Waals surface area (Å²) < 4.78 is 1.85. The highest BCUT2D eigenvalue weighted by molar-refractivity contribution is 6.10. The second kappa shape index (κ2) is 7.67. The molecule has 0 bridgehead atoms. The number of aryl methyl sites for hydroxylation is 4. The number of ketones is 1. The van der Waals surface area contributed by atoms with E-state index in [2.05, 4.69) is 9.97 Å². The minimum absolute atomic E-state index is 0.143. The minimum Gasteiger partial charge on any atom is -0.326 e. The first kappa shape index (κ1) is 19.7. The molecule has 4 aromatic rings. The number of rotatable bonds is 4. The summed E-state index contributed by atoms with van der Waals surface area (Å²) >= 11 is 0. The monoisotopic (exact) mass is 397 g/mol. The van der Waals surface area contributed by atoms with Crippen LogP contribution in [-0.4, -0.2) is 20.3 Å². The van der Waals surface area contributed by atoms with Crippen molar-refractivity contribution < 1.29 is 4.79 Å². The van der Waals surface area contributed by atoms with Gasteiger partial charge in [0.1, 0.15) is 5.65 Å². The van der Waals surface area contributed by atoms with Crippen molar-refractivity contribution in [3.63, 3.8) is 0 Å². The maximum absolute atomic E-state index is 13.3. The van der Waals surface area contributed by atoms with Crippen LogP contribution in [0, 0.1) is 27.7 Å². The number of fused-ring (bicyclic) bond motifs is 1. The lowest BCUT2D eigenvalue weighted by Crippen LogP contribution is -2.21. The zero-order valence-corrected chi connectivity index (χ0v) is 17.6. The van der Waals surface area contributed by atoms with Gasteiger partial charge in [-0.25, -0.2) is 4.98 Å². The molecular formula is C25H23N3O2. The summed E-state index contributed by atoms with van der Waals surface area (Å²) in [6, 6.07) is 14.9. The van der Waals surface area contributed by atoms with Crippen LogP contribution in [0.4, 0.5) is 0 Å². The molecule has 0 N–H and O–H groups in total. The molecule has 0 fully saturated rings. The van der Waals surface area contributed by atoms with Gasteiger partial charge in [0.05, 0.1) is 23.2 Å². The number of carbonyl (C=O) groups is 1. The average molecular weight is 397 g/mol. The van der Waals surface area contributed by atoms with Crippen LogP contribution in [0.2, 0.25) is 0 Å². The molecule has 5 nitrogen and oxygen atoms in total. The third-order valence-corrected chi connectivity index (χ3v) is 5.35. The van der Waals surface area contributed by atoms with Crippen molar-refractivity contribution in [2.24, 2.45) is 0 Å². The Bertz CT molecular complexity index is 1350. The van der Waals surface area contributed by atoms with Gasteiger partial charge in [0.15, 0.2) is 5.78 Å². The van der Waals surface area contributed by atoms with Gasteiger partial charge in [0, 0.05) is 23.1 Å². The molecule has 30 heavy (non-hydrogen) atoms. The fourth-order valence-corrected chi connectivity index (χ4v) is 3.54. The van der Waals surface area contributed by atoms with E-state index in [-0.39, 0.29) is 16.8 Å². The summed E-state index contributed by atoms with van der Waals surface area (Å²) in [5.41, 5.74) is 5.59. The number of hydrogen-bond donors (Lipinski definition) is 0. The number of aromatic nitrogens is 3. The second-order valence-corrected chi connectivity index (χ2v) is 7.72. The van der Waals surface area contributed by atoms with Gasteiger partial charge in [-0.15, -0.1) is 0 Å². The van der Waals surface area contributed by atoms with E-state index in [1.54, 1.807) is 24.4 Å². The molecule has 0 radical (unpaired) electrons. The first-order valence-electron chi connectivity index (χ1n) is 9.89. The molecule has 5 heteroatoms. The molecule has 0 saturated carbocycles. The lowest BCUT2D eigenvalue weighted by Gasteiger charge is -2.13. The molecule has 0 saturated heterocycles. The highest BCUT2D eigenvalue weighted by Gasteiger charge is 2.18. The third-order valence-electron chi connectivity index (χ3n) is 5.35. The van der Waals surface area contributed by atoms with Crippen LogP contribution in [0.3, 0.4) is 0 Å². The number of hydrogen-bond acceptors (Lipinski definition) is 4. The molecule has 0 spiro atoms. The highest BCUT2D eigenvalue weighted by atomic mass is 16.1. The van der Waals surface area contributed by atoms with Crippen LogP contribution < -0.4 is 5.43 Å². The average Bonchev–Trinajstić information content (AvgIpc) is 2.71. The van der Waals surface area contributed by atoms with E-state index in [4.69, 9.17) is 0 Å². The topological polar surface area (TPSA) is 64.8 Å². The molecule has 0 aliphatic heterocycles. The Balaban J connectivity index is 1.91. The smallest absolute Gasteiger partial charge is 0.202 e. The number of nitrogens with zero attached hydrogens (tertiary/aromatic N) is 3. The predicted octanol–water partition coefficient (Wildman–Crippen LogP) is 4.30. The lowest BCUT2D eigenvalue weighted by atomic mass is 9.99. The van der Waals surface area contributed by atoms with E-state index in [1.165, 1.54) is 0 Å². The van der Waals surface area contributed by atoms with Crippen molar-refractivity contribution in [2.75, 3.05) is 0 Å². The van der Waals surface area contributed by atoms with Crippen molar-refractivity contribution in [1.82, 2.24) is 14.5 Å². The van der Waals surface area contributed by atoms with E-state index in [0.29, 0.717) is 23.1 Å². The number of pyridine rings is 3. The van der Waals surface area contributed by atoms with E-state index in [9.17, 15) is 9.59 Å². The molecule has 3 aromatic heterocycles. The van der Waals surface area contributed by atoms with Crippen molar-refractivity contribution in [3.05, 3.63) is 104 Å². The fraction of sp³-hybridized carbons (Fsp3) is 0.200. The van der Waals surface area contributed by atoms with Gasteiger partial charge in [-0.05, 0) is 69.2 Å². The van der Waals surface area contributed by atoms with Gasteiger partial charge in [0.2, 0.25) is 5.43 Å². The zero-order valence-electron chi connectivity index (χ0n) is 17.6. The van der Waals surface area contributed by atoms with Gasteiger partial charge < -0.3 is 4.57 Å². The van der Waals surface area contributed by atoms with E-state index in [0.717, 1.165) is 28.2 Å². The molecule has 1 aromatic carbocycles. The first-order valence-corrected chi connectivity index (χ1v) is 9.89. The summed E-state index contributed by atoms with van der Waals surface area (Å²) in [5.74, 6) is -0.281. The standard InChI is InChI=1S/C25H23N3O2/c1-15-8-10-19(12-16(15)2)23(29)22-14-28(13-20-7-5-6-17(3)26-20)25-21(24(22)30)11-9-18(4)27-25/h5-12,14H,13H2,1-4H3. The van der Waals surface area contributed by atoms with Gasteiger partial charge in [-0.3, -0.25) is 14.6 Å². The van der Waals surface area contributed by atoms with Crippen LogP contribution in [-0.2, 0) is 6.54 Å². The Kier molecular flexibility index (Phi) is 5.04. The number of benzene rings is 1. The maximum Gasteiger partial charge on any atom is 0.202 e. The second-order valence-electron chi connectivity index (χ2n) is 7.72. The third kappa shape index (κ3) is 3.66. The van der Waals surface area contributed by atoms with Crippen LogP contribution in [0.5, 0.6) is 0 Å². The Morgan fingerprint density at radius 2 is 1.67 bits per heavy atom. The summed E-state index contributed by atoms with van der Waals surface area (Å²) in [6.07, 6.45) is 1.62. The molecule has 0 aliphatic carbocycles. The maximum atomic E-state index is 13.3. The molecule has 4 rings (SSSR count). The van der Waals surface area contributed by atoms with E-state index in [1.807, 2.05) is 62.6 Å². The molecule has 0 aliphatic rings. The lowest BCUT2D eigenvalue weighted by molar-refractivity contribution is 0.103. The van der Waals surface area contributed by atoms with Crippen molar-refractivity contribution in [1.29, 1.82) is 0 Å². The van der Waals surface area contributed by atoms with Crippen LogP contribution >= 0.6 is 0 Å².